The van der Waals surface area contributed by atoms with E-state index in [0.29, 0.717) is 6.54 Å². The lowest BCUT2D eigenvalue weighted by Crippen LogP contribution is -2.13. The van der Waals surface area contributed by atoms with Crippen molar-refractivity contribution in [3.63, 3.8) is 0 Å². The number of nitrogens with one attached hydrogen (secondary N) is 2. The molecule has 0 unspecified atom stereocenters. The van der Waals surface area contributed by atoms with Crippen molar-refractivity contribution < 1.29 is 4.79 Å². The van der Waals surface area contributed by atoms with Crippen LogP contribution in [-0.4, -0.2) is 10.9 Å². The maximum atomic E-state index is 11.1. The van der Waals surface area contributed by atoms with E-state index < -0.39 is 5.91 Å². The molecule has 0 fully saturated rings. The summed E-state index contributed by atoms with van der Waals surface area (Å²) in [7, 11) is 0. The average molecular weight is 268 g/mol. The van der Waals surface area contributed by atoms with Gasteiger partial charge in [-0.15, -0.1) is 0 Å². The molecular weight excluding hydrogens is 252 g/mol. The molecule has 2 heterocycles. The summed E-state index contributed by atoms with van der Waals surface area (Å²) in [6.07, 6.45) is 1.58. The molecule has 0 radical (unpaired) electrons. The van der Waals surface area contributed by atoms with Gasteiger partial charge >= 0.3 is 0 Å². The minimum absolute atomic E-state index is 0.271. The molecule has 0 aliphatic carbocycles. The highest BCUT2D eigenvalue weighted by Crippen LogP contribution is 2.18. The van der Waals surface area contributed by atoms with E-state index in [4.69, 9.17) is 5.73 Å². The summed E-state index contributed by atoms with van der Waals surface area (Å²) in [5.41, 5.74) is 10.3. The van der Waals surface area contributed by atoms with Gasteiger partial charge in [0.1, 0.15) is 5.69 Å². The number of carbonyl (C=O) groups excluding carboxylic acids is 1. The summed E-state index contributed by atoms with van der Waals surface area (Å²) in [5, 5.41) is 6.61. The van der Waals surface area contributed by atoms with Gasteiger partial charge < -0.3 is 16.4 Å². The number of rotatable bonds is 4. The summed E-state index contributed by atoms with van der Waals surface area (Å²) >= 11 is 0. The third kappa shape index (κ3) is 2.62. The zero-order chi connectivity index (χ0) is 13.9. The minimum atomic E-state index is -0.516. The van der Waals surface area contributed by atoms with Gasteiger partial charge in [0.15, 0.2) is 0 Å². The topological polar surface area (TPSA) is 80.0 Å². The number of fused-ring (bicyclic) bond motifs is 1. The number of nitrogens with zero attached hydrogens (tertiary/aromatic N) is 1. The van der Waals surface area contributed by atoms with Crippen LogP contribution in [0, 0.1) is 0 Å². The van der Waals surface area contributed by atoms with E-state index in [0.717, 1.165) is 18.8 Å². The highest BCUT2D eigenvalue weighted by molar-refractivity contribution is 5.91. The number of hydrogen-bond acceptors (Lipinski definition) is 4. The first kappa shape index (κ1) is 12.6. The van der Waals surface area contributed by atoms with Crippen molar-refractivity contribution in [3.8, 4) is 0 Å². The SMILES string of the molecule is NC(=O)c1cc(NCc2ccc3c(c2)CNC3)ccn1. The van der Waals surface area contributed by atoms with Crippen LogP contribution in [0.3, 0.4) is 0 Å². The predicted octanol–water partition coefficient (Wildman–Crippen LogP) is 1.40. The van der Waals surface area contributed by atoms with E-state index in [1.54, 1.807) is 12.3 Å². The number of primary amides is 1. The summed E-state index contributed by atoms with van der Waals surface area (Å²) in [4.78, 5) is 15.0. The van der Waals surface area contributed by atoms with Crippen molar-refractivity contribution in [1.29, 1.82) is 0 Å². The molecular formula is C15H16N4O. The van der Waals surface area contributed by atoms with Gasteiger partial charge in [-0.3, -0.25) is 9.78 Å². The Morgan fingerprint density at radius 1 is 1.25 bits per heavy atom. The van der Waals surface area contributed by atoms with E-state index >= 15 is 0 Å². The predicted molar refractivity (Wildman–Crippen MR) is 77.1 cm³/mol. The van der Waals surface area contributed by atoms with Crippen LogP contribution < -0.4 is 16.4 Å². The molecule has 1 amide bonds. The molecule has 1 aliphatic rings. The van der Waals surface area contributed by atoms with Crippen LogP contribution in [-0.2, 0) is 19.6 Å². The van der Waals surface area contributed by atoms with Crippen LogP contribution in [0.2, 0.25) is 0 Å². The van der Waals surface area contributed by atoms with Crippen LogP contribution in [0.25, 0.3) is 0 Å². The molecule has 20 heavy (non-hydrogen) atoms. The monoisotopic (exact) mass is 268 g/mol. The molecule has 5 nitrogen and oxygen atoms in total. The smallest absolute Gasteiger partial charge is 0.267 e. The van der Waals surface area contributed by atoms with E-state index in [2.05, 4.69) is 33.8 Å². The van der Waals surface area contributed by atoms with Crippen LogP contribution in [0.15, 0.2) is 36.5 Å². The molecule has 4 N–H and O–H groups in total. The first-order valence-electron chi connectivity index (χ1n) is 6.53. The first-order valence-corrected chi connectivity index (χ1v) is 6.53. The Morgan fingerprint density at radius 3 is 2.95 bits per heavy atom. The van der Waals surface area contributed by atoms with Crippen LogP contribution in [0.1, 0.15) is 27.2 Å². The van der Waals surface area contributed by atoms with Crippen molar-refractivity contribution in [2.45, 2.75) is 19.6 Å². The third-order valence-electron chi connectivity index (χ3n) is 3.41. The Labute approximate surface area is 117 Å². The van der Waals surface area contributed by atoms with Gasteiger partial charge in [0.05, 0.1) is 0 Å². The maximum Gasteiger partial charge on any atom is 0.267 e. The second kappa shape index (κ2) is 5.30. The van der Waals surface area contributed by atoms with Gasteiger partial charge in [-0.05, 0) is 28.8 Å². The third-order valence-corrected chi connectivity index (χ3v) is 3.41. The zero-order valence-electron chi connectivity index (χ0n) is 11.0. The van der Waals surface area contributed by atoms with Gasteiger partial charge in [-0.25, -0.2) is 0 Å². The number of benzene rings is 1. The van der Waals surface area contributed by atoms with Crippen molar-refractivity contribution in [2.75, 3.05) is 5.32 Å². The fraction of sp³-hybridized carbons (Fsp3) is 0.200. The summed E-state index contributed by atoms with van der Waals surface area (Å²) in [6.45, 7) is 2.59. The number of aromatic nitrogens is 1. The molecule has 0 saturated carbocycles. The Morgan fingerprint density at radius 2 is 2.10 bits per heavy atom. The number of carbonyl (C=O) groups is 1. The van der Waals surface area contributed by atoms with Crippen LogP contribution in [0.4, 0.5) is 5.69 Å². The van der Waals surface area contributed by atoms with Crippen molar-refractivity contribution in [1.82, 2.24) is 10.3 Å². The zero-order valence-corrected chi connectivity index (χ0v) is 11.0. The second-order valence-corrected chi connectivity index (χ2v) is 4.85. The molecule has 1 aromatic heterocycles. The molecule has 0 atom stereocenters. The highest BCUT2D eigenvalue weighted by Gasteiger charge is 2.10. The van der Waals surface area contributed by atoms with E-state index in [1.165, 1.54) is 16.7 Å². The lowest BCUT2D eigenvalue weighted by atomic mass is 10.1. The lowest BCUT2D eigenvalue weighted by Gasteiger charge is -2.08. The minimum Gasteiger partial charge on any atom is -0.381 e. The molecule has 3 rings (SSSR count). The molecule has 1 aliphatic heterocycles. The van der Waals surface area contributed by atoms with E-state index in [1.807, 2.05) is 6.07 Å². The van der Waals surface area contributed by atoms with Gasteiger partial charge in [-0.2, -0.15) is 0 Å². The molecule has 2 aromatic rings. The average Bonchev–Trinajstić information content (AvgIpc) is 2.93. The van der Waals surface area contributed by atoms with Gasteiger partial charge in [0.2, 0.25) is 0 Å². The normalized spacial score (nSPS) is 13.0. The standard InChI is InChI=1S/C15H16N4O/c16-15(20)14-6-13(3-4-18-14)19-7-10-1-2-11-8-17-9-12(11)5-10/h1-6,17H,7-9H2,(H2,16,20)(H,18,19). The summed E-state index contributed by atoms with van der Waals surface area (Å²) < 4.78 is 0. The Hall–Kier alpha value is -2.40. The molecule has 0 saturated heterocycles. The van der Waals surface area contributed by atoms with Crippen molar-refractivity contribution >= 4 is 11.6 Å². The Bertz CT molecular complexity index is 654. The number of hydrogen-bond donors (Lipinski definition) is 3. The number of amides is 1. The lowest BCUT2D eigenvalue weighted by molar-refractivity contribution is 0.0995. The van der Waals surface area contributed by atoms with Crippen molar-refractivity contribution in [2.24, 2.45) is 5.73 Å². The number of pyridine rings is 1. The molecule has 102 valence electrons. The van der Waals surface area contributed by atoms with Crippen LogP contribution in [0.5, 0.6) is 0 Å². The fourth-order valence-electron chi connectivity index (χ4n) is 2.34. The highest BCUT2D eigenvalue weighted by atomic mass is 16.1. The largest absolute Gasteiger partial charge is 0.381 e. The molecule has 0 bridgehead atoms. The van der Waals surface area contributed by atoms with Gasteiger partial charge in [0.25, 0.3) is 5.91 Å². The Balaban J connectivity index is 1.70. The molecule has 5 heteroatoms. The fourth-order valence-corrected chi connectivity index (χ4v) is 2.34. The number of anilines is 1. The van der Waals surface area contributed by atoms with E-state index in [-0.39, 0.29) is 5.69 Å². The first-order chi connectivity index (χ1) is 9.72. The Kier molecular flexibility index (Phi) is 3.35. The second-order valence-electron chi connectivity index (χ2n) is 4.85. The molecule has 0 spiro atoms. The van der Waals surface area contributed by atoms with Crippen molar-refractivity contribution in [3.05, 3.63) is 58.9 Å². The maximum absolute atomic E-state index is 11.1. The van der Waals surface area contributed by atoms with Gasteiger partial charge in [0, 0.05) is 31.5 Å². The summed E-state index contributed by atoms with van der Waals surface area (Å²) in [5.74, 6) is -0.516. The van der Waals surface area contributed by atoms with E-state index in [9.17, 15) is 4.79 Å². The van der Waals surface area contributed by atoms with Crippen LogP contribution >= 0.6 is 0 Å². The molecule has 1 aromatic carbocycles. The quantitative estimate of drug-likeness (QED) is 0.783. The van der Waals surface area contributed by atoms with Gasteiger partial charge in [-0.1, -0.05) is 18.2 Å². The summed E-state index contributed by atoms with van der Waals surface area (Å²) in [6, 6.07) is 9.97. The number of nitrogens with two attached hydrogens (primary N) is 1.